The molecule has 0 amide bonds. The summed E-state index contributed by atoms with van der Waals surface area (Å²) in [5.74, 6) is 1.63. The molecule has 0 radical (unpaired) electrons. The predicted molar refractivity (Wildman–Crippen MR) is 91.9 cm³/mol. The first-order chi connectivity index (χ1) is 11.3. The van der Waals surface area contributed by atoms with E-state index in [0.717, 1.165) is 43.2 Å². The normalized spacial score (nSPS) is 17.8. The standard InChI is InChI=1S/C19H24N2O2/c1-20-10-12-21(13-11-20)19(15-22)16-6-5-9-18(14-16)23-17-7-3-2-4-8-17/h2-9,14,19,22H,10-13,15H2,1H3. The Kier molecular flexibility index (Phi) is 5.28. The molecule has 1 atom stereocenters. The third-order valence-electron chi connectivity index (χ3n) is 4.37. The van der Waals surface area contributed by atoms with Gasteiger partial charge in [0.05, 0.1) is 12.6 Å². The van der Waals surface area contributed by atoms with Crippen molar-refractivity contribution >= 4 is 0 Å². The van der Waals surface area contributed by atoms with Crippen LogP contribution in [0, 0.1) is 0 Å². The Morgan fingerprint density at radius 3 is 2.35 bits per heavy atom. The van der Waals surface area contributed by atoms with Crippen molar-refractivity contribution in [2.24, 2.45) is 0 Å². The van der Waals surface area contributed by atoms with Gasteiger partial charge in [-0.15, -0.1) is 0 Å². The number of hydrogen-bond acceptors (Lipinski definition) is 4. The van der Waals surface area contributed by atoms with Gasteiger partial charge in [0.15, 0.2) is 0 Å². The summed E-state index contributed by atoms with van der Waals surface area (Å²) in [5.41, 5.74) is 1.10. The third kappa shape index (κ3) is 4.10. The molecule has 0 saturated carbocycles. The number of para-hydroxylation sites is 1. The van der Waals surface area contributed by atoms with E-state index in [4.69, 9.17) is 4.74 Å². The molecule has 3 rings (SSSR count). The van der Waals surface area contributed by atoms with Gasteiger partial charge in [0.1, 0.15) is 11.5 Å². The molecule has 1 unspecified atom stereocenters. The third-order valence-corrected chi connectivity index (χ3v) is 4.37. The zero-order valence-corrected chi connectivity index (χ0v) is 13.6. The Bertz CT molecular complexity index is 610. The SMILES string of the molecule is CN1CCN(C(CO)c2cccc(Oc3ccccc3)c2)CC1. The largest absolute Gasteiger partial charge is 0.457 e. The summed E-state index contributed by atoms with van der Waals surface area (Å²) < 4.78 is 5.91. The number of likely N-dealkylation sites (N-methyl/N-ethyl adjacent to an activating group) is 1. The monoisotopic (exact) mass is 312 g/mol. The van der Waals surface area contributed by atoms with Gasteiger partial charge < -0.3 is 14.7 Å². The van der Waals surface area contributed by atoms with E-state index < -0.39 is 0 Å². The van der Waals surface area contributed by atoms with Crippen LogP contribution in [0.3, 0.4) is 0 Å². The van der Waals surface area contributed by atoms with Gasteiger partial charge in [0.25, 0.3) is 0 Å². The van der Waals surface area contributed by atoms with Crippen LogP contribution >= 0.6 is 0 Å². The lowest BCUT2D eigenvalue weighted by Gasteiger charge is -2.37. The van der Waals surface area contributed by atoms with Gasteiger partial charge in [0.2, 0.25) is 0 Å². The number of benzene rings is 2. The fourth-order valence-electron chi connectivity index (χ4n) is 2.98. The molecule has 2 aromatic rings. The van der Waals surface area contributed by atoms with Crippen LogP contribution in [-0.2, 0) is 0 Å². The first kappa shape index (κ1) is 16.0. The van der Waals surface area contributed by atoms with Gasteiger partial charge >= 0.3 is 0 Å². The van der Waals surface area contributed by atoms with Gasteiger partial charge in [-0.25, -0.2) is 0 Å². The fourth-order valence-corrected chi connectivity index (χ4v) is 2.98. The summed E-state index contributed by atoms with van der Waals surface area (Å²) >= 11 is 0. The molecule has 1 heterocycles. The molecular weight excluding hydrogens is 288 g/mol. The van der Waals surface area contributed by atoms with Crippen LogP contribution in [0.25, 0.3) is 0 Å². The number of ether oxygens (including phenoxy) is 1. The minimum absolute atomic E-state index is 0.0306. The van der Waals surface area contributed by atoms with E-state index in [9.17, 15) is 5.11 Å². The number of aliphatic hydroxyl groups is 1. The molecule has 0 aliphatic carbocycles. The Labute approximate surface area is 137 Å². The quantitative estimate of drug-likeness (QED) is 0.921. The van der Waals surface area contributed by atoms with Gasteiger partial charge in [-0.05, 0) is 36.9 Å². The summed E-state index contributed by atoms with van der Waals surface area (Å²) in [4.78, 5) is 4.67. The minimum atomic E-state index is 0.0306. The van der Waals surface area contributed by atoms with Gasteiger partial charge in [0, 0.05) is 26.2 Å². The van der Waals surface area contributed by atoms with Crippen molar-refractivity contribution in [2.75, 3.05) is 39.8 Å². The Morgan fingerprint density at radius 1 is 0.957 bits per heavy atom. The minimum Gasteiger partial charge on any atom is -0.457 e. The number of hydrogen-bond donors (Lipinski definition) is 1. The lowest BCUT2D eigenvalue weighted by atomic mass is 10.0. The lowest BCUT2D eigenvalue weighted by Crippen LogP contribution is -2.46. The number of nitrogens with zero attached hydrogens (tertiary/aromatic N) is 2. The molecule has 122 valence electrons. The van der Waals surface area contributed by atoms with Crippen molar-refractivity contribution in [3.8, 4) is 11.5 Å². The molecule has 1 fully saturated rings. The summed E-state index contributed by atoms with van der Waals surface area (Å²) in [6.45, 7) is 4.16. The smallest absolute Gasteiger partial charge is 0.127 e. The predicted octanol–water partition coefficient (Wildman–Crippen LogP) is 2.76. The molecule has 0 bridgehead atoms. The second-order valence-electron chi connectivity index (χ2n) is 6.03. The van der Waals surface area contributed by atoms with E-state index in [-0.39, 0.29) is 12.6 Å². The molecule has 23 heavy (non-hydrogen) atoms. The zero-order chi connectivity index (χ0) is 16.1. The van der Waals surface area contributed by atoms with Crippen LogP contribution in [0.2, 0.25) is 0 Å². The van der Waals surface area contributed by atoms with Crippen molar-refractivity contribution < 1.29 is 9.84 Å². The van der Waals surface area contributed by atoms with E-state index in [1.165, 1.54) is 0 Å². The summed E-state index contributed by atoms with van der Waals surface area (Å²) in [7, 11) is 2.14. The van der Waals surface area contributed by atoms with E-state index in [2.05, 4.69) is 22.9 Å². The molecule has 1 aliphatic rings. The molecule has 1 saturated heterocycles. The number of rotatable bonds is 5. The van der Waals surface area contributed by atoms with Crippen molar-refractivity contribution in [3.05, 3.63) is 60.2 Å². The highest BCUT2D eigenvalue weighted by Gasteiger charge is 2.23. The van der Waals surface area contributed by atoms with E-state index in [1.807, 2.05) is 48.5 Å². The zero-order valence-electron chi connectivity index (χ0n) is 13.6. The van der Waals surface area contributed by atoms with Crippen LogP contribution in [0.4, 0.5) is 0 Å². The van der Waals surface area contributed by atoms with Gasteiger partial charge in [-0.3, -0.25) is 4.90 Å². The van der Waals surface area contributed by atoms with Crippen LogP contribution in [0.15, 0.2) is 54.6 Å². The average molecular weight is 312 g/mol. The van der Waals surface area contributed by atoms with E-state index in [1.54, 1.807) is 0 Å². The summed E-state index contributed by atoms with van der Waals surface area (Å²) in [5, 5.41) is 9.88. The van der Waals surface area contributed by atoms with Crippen LogP contribution in [-0.4, -0.2) is 54.7 Å². The molecule has 1 aliphatic heterocycles. The first-order valence-electron chi connectivity index (χ1n) is 8.12. The topological polar surface area (TPSA) is 35.9 Å². The van der Waals surface area contributed by atoms with Crippen LogP contribution in [0.5, 0.6) is 11.5 Å². The molecular formula is C19H24N2O2. The Balaban J connectivity index is 1.74. The summed E-state index contributed by atoms with van der Waals surface area (Å²) in [6, 6.07) is 17.8. The molecule has 2 aromatic carbocycles. The maximum atomic E-state index is 9.88. The Hall–Kier alpha value is -1.88. The number of aliphatic hydroxyl groups excluding tert-OH is 1. The molecule has 0 spiro atoms. The highest BCUT2D eigenvalue weighted by molar-refractivity contribution is 5.35. The molecule has 1 N–H and O–H groups in total. The molecule has 4 heteroatoms. The fraction of sp³-hybridized carbons (Fsp3) is 0.368. The van der Waals surface area contributed by atoms with Crippen molar-refractivity contribution in [3.63, 3.8) is 0 Å². The second kappa shape index (κ2) is 7.59. The Morgan fingerprint density at radius 2 is 1.65 bits per heavy atom. The number of piperazine rings is 1. The van der Waals surface area contributed by atoms with Gasteiger partial charge in [-0.1, -0.05) is 30.3 Å². The summed E-state index contributed by atoms with van der Waals surface area (Å²) in [6.07, 6.45) is 0. The van der Waals surface area contributed by atoms with Gasteiger partial charge in [-0.2, -0.15) is 0 Å². The molecule has 4 nitrogen and oxygen atoms in total. The van der Waals surface area contributed by atoms with Crippen molar-refractivity contribution in [1.29, 1.82) is 0 Å². The maximum Gasteiger partial charge on any atom is 0.127 e. The van der Waals surface area contributed by atoms with Crippen molar-refractivity contribution in [2.45, 2.75) is 6.04 Å². The maximum absolute atomic E-state index is 9.88. The highest BCUT2D eigenvalue weighted by Crippen LogP contribution is 2.27. The lowest BCUT2D eigenvalue weighted by molar-refractivity contribution is 0.0747. The first-order valence-corrected chi connectivity index (χ1v) is 8.12. The van der Waals surface area contributed by atoms with Crippen molar-refractivity contribution in [1.82, 2.24) is 9.80 Å². The highest BCUT2D eigenvalue weighted by atomic mass is 16.5. The van der Waals surface area contributed by atoms with Crippen LogP contribution < -0.4 is 4.74 Å². The molecule has 0 aromatic heterocycles. The second-order valence-corrected chi connectivity index (χ2v) is 6.03. The van der Waals surface area contributed by atoms with E-state index >= 15 is 0 Å². The average Bonchev–Trinajstić information content (AvgIpc) is 2.59. The van der Waals surface area contributed by atoms with E-state index in [0.29, 0.717) is 0 Å². The van der Waals surface area contributed by atoms with Crippen LogP contribution in [0.1, 0.15) is 11.6 Å².